The summed E-state index contributed by atoms with van der Waals surface area (Å²) in [6.45, 7) is 12.7. The van der Waals surface area contributed by atoms with Crippen molar-refractivity contribution in [2.45, 2.75) is 53.5 Å². The Morgan fingerprint density at radius 3 is 2.30 bits per heavy atom. The van der Waals surface area contributed by atoms with E-state index in [1.807, 2.05) is 51.7 Å². The maximum absolute atomic E-state index is 12.6. The van der Waals surface area contributed by atoms with Crippen LogP contribution >= 0.6 is 0 Å². The van der Waals surface area contributed by atoms with Gasteiger partial charge in [-0.2, -0.15) is 0 Å². The molecule has 2 N–H and O–H groups in total. The molecule has 9 nitrogen and oxygen atoms in total. The number of carboxylic acids is 1. The molecule has 0 amide bonds. The number of ether oxygens (including phenoxy) is 1. The van der Waals surface area contributed by atoms with Crippen molar-refractivity contribution < 1.29 is 14.6 Å². The molecule has 0 bridgehead atoms. The zero-order valence-corrected chi connectivity index (χ0v) is 23.8. The minimum atomic E-state index is -1.53. The average Bonchev–Trinajstić information content (AvgIpc) is 2.88. The van der Waals surface area contributed by atoms with E-state index in [2.05, 4.69) is 15.3 Å². The lowest BCUT2D eigenvalue weighted by Gasteiger charge is -2.34. The minimum Gasteiger partial charge on any atom is -0.480 e. The lowest BCUT2D eigenvalue weighted by molar-refractivity contribution is -0.141. The number of hydrogen-bond acceptors (Lipinski definition) is 8. The number of pyridine rings is 2. The molecule has 2 aromatic heterocycles. The van der Waals surface area contributed by atoms with Gasteiger partial charge in [-0.15, -0.1) is 0 Å². The van der Waals surface area contributed by atoms with Crippen LogP contribution in [0, 0.1) is 18.8 Å². The second-order valence-electron chi connectivity index (χ2n) is 11.4. The van der Waals surface area contributed by atoms with Crippen molar-refractivity contribution in [3.05, 3.63) is 80.5 Å². The predicted molar refractivity (Wildman–Crippen MR) is 157 cm³/mol. The van der Waals surface area contributed by atoms with E-state index in [1.165, 1.54) is 6.92 Å². The van der Waals surface area contributed by atoms with Crippen LogP contribution < -0.4 is 25.8 Å². The highest BCUT2D eigenvalue weighted by Crippen LogP contribution is 2.30. The molecule has 0 aliphatic rings. The van der Waals surface area contributed by atoms with E-state index in [1.54, 1.807) is 36.7 Å². The Morgan fingerprint density at radius 1 is 1.05 bits per heavy atom. The van der Waals surface area contributed by atoms with Gasteiger partial charge < -0.3 is 20.1 Å². The Labute approximate surface area is 233 Å². The van der Waals surface area contributed by atoms with Crippen molar-refractivity contribution in [1.82, 2.24) is 9.97 Å². The zero-order chi connectivity index (χ0) is 29.2. The maximum Gasteiger partial charge on any atom is 0.329 e. The fourth-order valence-corrected chi connectivity index (χ4v) is 4.85. The molecule has 0 radical (unpaired) electrons. The summed E-state index contributed by atoms with van der Waals surface area (Å²) < 4.78 is 6.05. The molecular formula is C31H36N4O5. The number of aromatic nitrogens is 2. The summed E-state index contributed by atoms with van der Waals surface area (Å²) in [5.41, 5.74) is -0.915. The van der Waals surface area contributed by atoms with Crippen molar-refractivity contribution in [2.24, 2.45) is 11.8 Å². The van der Waals surface area contributed by atoms with Gasteiger partial charge in [0.1, 0.15) is 22.7 Å². The molecule has 40 heavy (non-hydrogen) atoms. The number of rotatable bonds is 12. The first-order valence-corrected chi connectivity index (χ1v) is 13.5. The van der Waals surface area contributed by atoms with Gasteiger partial charge in [0.2, 0.25) is 5.88 Å². The molecule has 210 valence electrons. The summed E-state index contributed by atoms with van der Waals surface area (Å²) in [5, 5.41) is 14.9. The lowest BCUT2D eigenvalue weighted by atomic mass is 9.91. The van der Waals surface area contributed by atoms with E-state index >= 15 is 0 Å². The summed E-state index contributed by atoms with van der Waals surface area (Å²) in [6, 6.07) is 10.9. The van der Waals surface area contributed by atoms with E-state index in [-0.39, 0.29) is 29.6 Å². The molecule has 0 fully saturated rings. The molecule has 0 aliphatic carbocycles. The van der Waals surface area contributed by atoms with Crippen molar-refractivity contribution in [2.75, 3.05) is 23.3 Å². The van der Waals surface area contributed by atoms with E-state index in [9.17, 15) is 19.5 Å². The molecule has 0 aliphatic heterocycles. The number of nitrogens with zero attached hydrogens (tertiary/aromatic N) is 3. The van der Waals surface area contributed by atoms with Gasteiger partial charge in [0.15, 0.2) is 0 Å². The van der Waals surface area contributed by atoms with Gasteiger partial charge in [-0.25, -0.2) is 9.78 Å². The second-order valence-corrected chi connectivity index (χ2v) is 11.4. The van der Waals surface area contributed by atoms with Crippen molar-refractivity contribution in [3.8, 4) is 11.6 Å². The van der Waals surface area contributed by atoms with Gasteiger partial charge >= 0.3 is 5.97 Å². The number of carboxylic acid groups (broad SMARTS) is 1. The molecule has 4 rings (SSSR count). The largest absolute Gasteiger partial charge is 0.480 e. The summed E-state index contributed by atoms with van der Waals surface area (Å²) in [6.07, 6.45) is 3.49. The Kier molecular flexibility index (Phi) is 8.23. The van der Waals surface area contributed by atoms with Crippen LogP contribution in [-0.4, -0.2) is 39.7 Å². The predicted octanol–water partition coefficient (Wildman–Crippen LogP) is 4.94. The second kappa shape index (κ2) is 11.5. The summed E-state index contributed by atoms with van der Waals surface area (Å²) >= 11 is 0. The maximum atomic E-state index is 12.6. The van der Waals surface area contributed by atoms with E-state index in [0.29, 0.717) is 24.7 Å². The highest BCUT2D eigenvalue weighted by atomic mass is 16.5. The van der Waals surface area contributed by atoms with Crippen LogP contribution in [0.2, 0.25) is 0 Å². The molecule has 2 aromatic carbocycles. The first-order chi connectivity index (χ1) is 18.9. The molecule has 0 spiro atoms. The van der Waals surface area contributed by atoms with E-state index < -0.39 is 22.4 Å². The first-order valence-electron chi connectivity index (χ1n) is 13.5. The molecule has 0 saturated heterocycles. The highest BCUT2D eigenvalue weighted by Gasteiger charge is 2.38. The van der Waals surface area contributed by atoms with Crippen molar-refractivity contribution in [1.29, 1.82) is 0 Å². The third-order valence-electron chi connectivity index (χ3n) is 6.67. The fourth-order valence-electron chi connectivity index (χ4n) is 4.85. The van der Waals surface area contributed by atoms with Crippen LogP contribution in [0.3, 0.4) is 0 Å². The van der Waals surface area contributed by atoms with Crippen LogP contribution in [-0.2, 0) is 11.2 Å². The van der Waals surface area contributed by atoms with Crippen molar-refractivity contribution in [3.63, 3.8) is 0 Å². The summed E-state index contributed by atoms with van der Waals surface area (Å²) in [7, 11) is 0. The third-order valence-corrected chi connectivity index (χ3v) is 6.67. The summed E-state index contributed by atoms with van der Waals surface area (Å²) in [5.74, 6) is 0.361. The number of benzene rings is 1. The Morgan fingerprint density at radius 2 is 1.70 bits per heavy atom. The van der Waals surface area contributed by atoms with Gasteiger partial charge in [0, 0.05) is 37.6 Å². The molecule has 1 unspecified atom stereocenters. The lowest BCUT2D eigenvalue weighted by Crippen LogP contribution is -2.52. The number of aliphatic carboxylic acids is 1. The Balaban J connectivity index is 1.56. The number of hydrogen-bond donors (Lipinski definition) is 2. The number of anilines is 2. The third kappa shape index (κ3) is 6.14. The van der Waals surface area contributed by atoms with Crippen LogP contribution in [0.5, 0.6) is 11.6 Å². The van der Waals surface area contributed by atoms with Gasteiger partial charge in [-0.05, 0) is 60.9 Å². The molecule has 2 heterocycles. The topological polar surface area (TPSA) is 122 Å². The fraction of sp³-hybridized carbons (Fsp3) is 0.387. The Bertz CT molecular complexity index is 1580. The van der Waals surface area contributed by atoms with Crippen LogP contribution in [0.4, 0.5) is 11.4 Å². The quantitative estimate of drug-likeness (QED) is 0.239. The molecule has 4 aromatic rings. The standard InChI is InChI=1S/C31H36N4O5/c1-18(2)16-35(17-19(3)4)26-25(27(36)28(26)37)34-31(6,30(38)39)14-21-7-9-23(10-8-21)40-29-24-15-32-12-11-22(24)13-20(5)33-29/h7-13,15,18-19,34H,14,16-17H2,1-6H3,(H,38,39). The Hall–Kier alpha value is -4.27. The molecular weight excluding hydrogens is 508 g/mol. The number of fused-ring (bicyclic) bond motifs is 1. The van der Waals surface area contributed by atoms with Gasteiger partial charge in [0.05, 0.1) is 5.39 Å². The highest BCUT2D eigenvalue weighted by molar-refractivity contribution is 5.87. The number of nitrogens with one attached hydrogen (secondary N) is 1. The van der Waals surface area contributed by atoms with Gasteiger partial charge in [-0.1, -0.05) is 39.8 Å². The zero-order valence-electron chi connectivity index (χ0n) is 23.8. The smallest absolute Gasteiger partial charge is 0.329 e. The van der Waals surface area contributed by atoms with Crippen LogP contribution in [0.15, 0.2) is 58.4 Å². The average molecular weight is 545 g/mol. The number of aryl methyl sites for hydroxylation is 1. The minimum absolute atomic E-state index is 0.0714. The van der Waals surface area contributed by atoms with Crippen molar-refractivity contribution >= 4 is 28.1 Å². The van der Waals surface area contributed by atoms with Crippen LogP contribution in [0.1, 0.15) is 45.9 Å². The van der Waals surface area contributed by atoms with E-state index in [0.717, 1.165) is 22.0 Å². The van der Waals surface area contributed by atoms with Gasteiger partial charge in [-0.3, -0.25) is 14.6 Å². The summed E-state index contributed by atoms with van der Waals surface area (Å²) in [4.78, 5) is 48.3. The normalized spacial score (nSPS) is 13.1. The molecule has 0 saturated carbocycles. The first kappa shape index (κ1) is 28.7. The molecule has 1 atom stereocenters. The number of carbonyl (C=O) groups is 1. The molecule has 9 heteroatoms. The van der Waals surface area contributed by atoms with E-state index in [4.69, 9.17) is 4.74 Å². The SMILES string of the molecule is Cc1cc2ccncc2c(Oc2ccc(CC(C)(Nc3c(N(CC(C)C)CC(C)C)c(=O)c3=O)C(=O)O)cc2)n1. The van der Waals surface area contributed by atoms with Gasteiger partial charge in [0.25, 0.3) is 10.9 Å². The monoisotopic (exact) mass is 544 g/mol. The van der Waals surface area contributed by atoms with Crippen LogP contribution in [0.25, 0.3) is 10.8 Å².